The molecule has 1 saturated heterocycles. The Labute approximate surface area is 141 Å². The summed E-state index contributed by atoms with van der Waals surface area (Å²) in [6.07, 6.45) is 1.45. The van der Waals surface area contributed by atoms with E-state index in [4.69, 9.17) is 11.6 Å². The Morgan fingerprint density at radius 2 is 1.75 bits per heavy atom. The van der Waals surface area contributed by atoms with Crippen molar-refractivity contribution in [3.63, 3.8) is 0 Å². The minimum absolute atomic E-state index is 0.0587. The molecule has 8 heteroatoms. The first-order chi connectivity index (χ1) is 11.5. The lowest BCUT2D eigenvalue weighted by molar-refractivity contribution is -0.384. The quantitative estimate of drug-likeness (QED) is 0.400. The molecule has 0 spiro atoms. The average molecular weight is 344 g/mol. The third-order valence-electron chi connectivity index (χ3n) is 3.39. The molecule has 7 nitrogen and oxygen atoms in total. The highest BCUT2D eigenvalue weighted by atomic mass is 35.5. The number of carbonyl (C=O) groups is 2. The van der Waals surface area contributed by atoms with Crippen LogP contribution in [0.5, 0.6) is 0 Å². The number of anilines is 1. The first kappa shape index (κ1) is 15.7. The number of rotatable bonds is 3. The van der Waals surface area contributed by atoms with E-state index in [9.17, 15) is 19.7 Å². The van der Waals surface area contributed by atoms with Crippen LogP contribution in [-0.2, 0) is 4.79 Å². The minimum atomic E-state index is -0.610. The zero-order chi connectivity index (χ0) is 17.3. The number of urea groups is 1. The van der Waals surface area contributed by atoms with E-state index < -0.39 is 16.9 Å². The molecule has 120 valence electrons. The van der Waals surface area contributed by atoms with Crippen molar-refractivity contribution in [1.82, 2.24) is 5.32 Å². The largest absolute Gasteiger partial charge is 0.333 e. The summed E-state index contributed by atoms with van der Waals surface area (Å²) in [6, 6.07) is 11.5. The fraction of sp³-hybridized carbons (Fsp3) is 0. The van der Waals surface area contributed by atoms with Gasteiger partial charge in [0.05, 0.1) is 15.6 Å². The van der Waals surface area contributed by atoms with E-state index in [-0.39, 0.29) is 22.1 Å². The van der Waals surface area contributed by atoms with Gasteiger partial charge in [0.25, 0.3) is 11.6 Å². The smallest absolute Gasteiger partial charge is 0.302 e. The van der Waals surface area contributed by atoms with Crippen LogP contribution in [0.3, 0.4) is 0 Å². The van der Waals surface area contributed by atoms with Crippen molar-refractivity contribution in [1.29, 1.82) is 0 Å². The molecule has 1 heterocycles. The molecule has 1 aliphatic heterocycles. The molecule has 0 aromatic heterocycles. The molecule has 1 N–H and O–H groups in total. The number of halogens is 1. The van der Waals surface area contributed by atoms with Crippen LogP contribution in [-0.4, -0.2) is 16.9 Å². The van der Waals surface area contributed by atoms with E-state index in [0.29, 0.717) is 5.56 Å². The molecule has 0 radical (unpaired) electrons. The zero-order valence-corrected chi connectivity index (χ0v) is 12.9. The Hall–Kier alpha value is -3.19. The Bertz CT molecular complexity index is 877. The lowest BCUT2D eigenvalue weighted by Crippen LogP contribution is -2.30. The number of benzene rings is 2. The first-order valence-corrected chi connectivity index (χ1v) is 7.21. The van der Waals surface area contributed by atoms with Gasteiger partial charge < -0.3 is 5.32 Å². The summed E-state index contributed by atoms with van der Waals surface area (Å²) >= 11 is 6.03. The van der Waals surface area contributed by atoms with Crippen molar-refractivity contribution in [2.45, 2.75) is 0 Å². The fourth-order valence-corrected chi connectivity index (χ4v) is 2.47. The van der Waals surface area contributed by atoms with Gasteiger partial charge in [-0.2, -0.15) is 0 Å². The maximum Gasteiger partial charge on any atom is 0.333 e. The predicted molar refractivity (Wildman–Crippen MR) is 88.5 cm³/mol. The summed E-state index contributed by atoms with van der Waals surface area (Å²) in [7, 11) is 0. The Kier molecular flexibility index (Phi) is 4.01. The second-order valence-electron chi connectivity index (χ2n) is 4.93. The molecule has 2 aromatic carbocycles. The second kappa shape index (κ2) is 6.13. The van der Waals surface area contributed by atoms with Crippen LogP contribution in [0.4, 0.5) is 16.2 Å². The van der Waals surface area contributed by atoms with Crippen LogP contribution < -0.4 is 10.2 Å². The molecule has 2 aromatic rings. The zero-order valence-electron chi connectivity index (χ0n) is 12.1. The van der Waals surface area contributed by atoms with E-state index in [1.165, 1.54) is 30.3 Å². The van der Waals surface area contributed by atoms with Crippen LogP contribution in [0.1, 0.15) is 5.56 Å². The summed E-state index contributed by atoms with van der Waals surface area (Å²) in [5.41, 5.74) is 0.837. The second-order valence-corrected chi connectivity index (χ2v) is 5.34. The summed E-state index contributed by atoms with van der Waals surface area (Å²) in [5.74, 6) is -0.550. The van der Waals surface area contributed by atoms with Crippen molar-refractivity contribution in [2.75, 3.05) is 4.90 Å². The maximum absolute atomic E-state index is 12.5. The Morgan fingerprint density at radius 3 is 2.38 bits per heavy atom. The molecule has 1 aliphatic rings. The molecule has 0 aliphatic carbocycles. The van der Waals surface area contributed by atoms with Gasteiger partial charge in [0.2, 0.25) is 0 Å². The number of hydrogen-bond acceptors (Lipinski definition) is 4. The number of para-hydroxylation sites is 1. The number of nitrogens with zero attached hydrogens (tertiary/aromatic N) is 2. The highest BCUT2D eigenvalue weighted by Crippen LogP contribution is 2.29. The SMILES string of the molecule is O=C1N/C(=C\c2ccc([N+](=O)[O-])cc2)C(=O)N1c1ccccc1Cl. The molecular formula is C16H10ClN3O4. The number of nitro groups is 1. The van der Waals surface area contributed by atoms with Crippen LogP contribution in [0, 0.1) is 10.1 Å². The number of non-ortho nitro benzene ring substituents is 1. The molecule has 0 bridgehead atoms. The lowest BCUT2D eigenvalue weighted by atomic mass is 10.1. The Balaban J connectivity index is 1.91. The van der Waals surface area contributed by atoms with E-state index in [1.807, 2.05) is 0 Å². The van der Waals surface area contributed by atoms with E-state index in [2.05, 4.69) is 5.32 Å². The van der Waals surface area contributed by atoms with Crippen molar-refractivity contribution in [3.05, 3.63) is 74.9 Å². The summed E-state index contributed by atoms with van der Waals surface area (Å²) < 4.78 is 0. The number of nitro benzene ring substituents is 1. The van der Waals surface area contributed by atoms with Gasteiger partial charge in [0, 0.05) is 12.1 Å². The Morgan fingerprint density at radius 1 is 1.08 bits per heavy atom. The van der Waals surface area contributed by atoms with Crippen molar-refractivity contribution in [2.24, 2.45) is 0 Å². The van der Waals surface area contributed by atoms with Crippen LogP contribution in [0.2, 0.25) is 5.02 Å². The summed E-state index contributed by atoms with van der Waals surface area (Å²) in [6.45, 7) is 0. The van der Waals surface area contributed by atoms with Gasteiger partial charge in [-0.15, -0.1) is 0 Å². The maximum atomic E-state index is 12.5. The van der Waals surface area contributed by atoms with Crippen molar-refractivity contribution < 1.29 is 14.5 Å². The van der Waals surface area contributed by atoms with Crippen LogP contribution in [0.15, 0.2) is 54.2 Å². The highest BCUT2D eigenvalue weighted by Gasteiger charge is 2.35. The van der Waals surface area contributed by atoms with E-state index in [0.717, 1.165) is 4.90 Å². The number of nitrogens with one attached hydrogen (secondary N) is 1. The van der Waals surface area contributed by atoms with Crippen molar-refractivity contribution >= 4 is 41.0 Å². The van der Waals surface area contributed by atoms with Crippen LogP contribution >= 0.6 is 11.6 Å². The topological polar surface area (TPSA) is 92.5 Å². The molecule has 3 amide bonds. The van der Waals surface area contributed by atoms with E-state index in [1.54, 1.807) is 24.3 Å². The molecule has 0 saturated carbocycles. The minimum Gasteiger partial charge on any atom is -0.302 e. The monoisotopic (exact) mass is 343 g/mol. The normalized spacial score (nSPS) is 15.7. The van der Waals surface area contributed by atoms with Gasteiger partial charge in [-0.1, -0.05) is 23.7 Å². The van der Waals surface area contributed by atoms with Crippen LogP contribution in [0.25, 0.3) is 6.08 Å². The molecule has 3 rings (SSSR count). The van der Waals surface area contributed by atoms with Crippen molar-refractivity contribution in [3.8, 4) is 0 Å². The lowest BCUT2D eigenvalue weighted by Gasteiger charge is -2.13. The molecule has 24 heavy (non-hydrogen) atoms. The average Bonchev–Trinajstić information content (AvgIpc) is 2.83. The predicted octanol–water partition coefficient (Wildman–Crippen LogP) is 3.35. The fourth-order valence-electron chi connectivity index (χ4n) is 2.25. The number of amides is 3. The molecule has 0 atom stereocenters. The molecule has 1 fully saturated rings. The van der Waals surface area contributed by atoms with Gasteiger partial charge in [0.1, 0.15) is 5.70 Å². The number of carbonyl (C=O) groups excluding carboxylic acids is 2. The van der Waals surface area contributed by atoms with E-state index >= 15 is 0 Å². The molecule has 0 unspecified atom stereocenters. The highest BCUT2D eigenvalue weighted by molar-refractivity contribution is 6.37. The number of imide groups is 1. The first-order valence-electron chi connectivity index (χ1n) is 6.83. The third kappa shape index (κ3) is 2.84. The summed E-state index contributed by atoms with van der Waals surface area (Å²) in [4.78, 5) is 35.6. The van der Waals surface area contributed by atoms with Gasteiger partial charge in [-0.05, 0) is 35.9 Å². The molecular weight excluding hydrogens is 334 g/mol. The van der Waals surface area contributed by atoms with Gasteiger partial charge in [-0.3, -0.25) is 14.9 Å². The van der Waals surface area contributed by atoms with Gasteiger partial charge in [-0.25, -0.2) is 9.69 Å². The standard InChI is InChI=1S/C16H10ClN3O4/c17-12-3-1-2-4-14(12)19-15(21)13(18-16(19)22)9-10-5-7-11(8-6-10)20(23)24/h1-9H,(H,18,22)/b13-9-. The van der Waals surface area contributed by atoms with Gasteiger partial charge >= 0.3 is 6.03 Å². The third-order valence-corrected chi connectivity index (χ3v) is 3.71. The van der Waals surface area contributed by atoms with Gasteiger partial charge in [0.15, 0.2) is 0 Å². The summed E-state index contributed by atoms with van der Waals surface area (Å²) in [5, 5.41) is 13.4. The number of hydrogen-bond donors (Lipinski definition) is 1.